The Morgan fingerprint density at radius 1 is 1.14 bits per heavy atom. The molecular formula is C18H25NO3. The summed E-state index contributed by atoms with van der Waals surface area (Å²) in [4.78, 5) is 11.5. The summed E-state index contributed by atoms with van der Waals surface area (Å²) in [7, 11) is 0. The van der Waals surface area contributed by atoms with Gasteiger partial charge in [0.1, 0.15) is 0 Å². The number of rotatable bonds is 9. The Kier molecular flexibility index (Phi) is 8.50. The summed E-state index contributed by atoms with van der Waals surface area (Å²) in [5.74, 6) is 1.42. The van der Waals surface area contributed by atoms with Crippen molar-refractivity contribution in [1.82, 2.24) is 5.32 Å². The second kappa shape index (κ2) is 10.5. The quantitative estimate of drug-likeness (QED) is 0.562. The van der Waals surface area contributed by atoms with Crippen molar-refractivity contribution in [2.24, 2.45) is 0 Å². The molecule has 0 aromatic heterocycles. The van der Waals surface area contributed by atoms with Crippen LogP contribution in [0.1, 0.15) is 26.3 Å². The van der Waals surface area contributed by atoms with E-state index in [4.69, 9.17) is 9.47 Å². The Hall–Kier alpha value is -2.23. The van der Waals surface area contributed by atoms with Crippen molar-refractivity contribution in [3.63, 3.8) is 0 Å². The Bertz CT molecular complexity index is 521. The third kappa shape index (κ3) is 6.48. The number of hydrogen-bond acceptors (Lipinski definition) is 3. The fraction of sp³-hybridized carbons (Fsp3) is 0.389. The summed E-state index contributed by atoms with van der Waals surface area (Å²) >= 11 is 0. The van der Waals surface area contributed by atoms with Gasteiger partial charge in [0.15, 0.2) is 11.5 Å². The molecule has 4 heteroatoms. The molecule has 0 fully saturated rings. The van der Waals surface area contributed by atoms with E-state index in [1.54, 1.807) is 6.08 Å². The first kappa shape index (κ1) is 17.8. The molecule has 0 bridgehead atoms. The Morgan fingerprint density at radius 3 is 2.55 bits per heavy atom. The van der Waals surface area contributed by atoms with Crippen molar-refractivity contribution in [1.29, 1.82) is 0 Å². The van der Waals surface area contributed by atoms with Gasteiger partial charge in [0.25, 0.3) is 0 Å². The largest absolute Gasteiger partial charge is 0.490 e. The maximum Gasteiger partial charge on any atom is 0.243 e. The van der Waals surface area contributed by atoms with E-state index in [-0.39, 0.29) is 5.91 Å². The minimum absolute atomic E-state index is 0.0888. The number of carbonyl (C=O) groups is 1. The van der Waals surface area contributed by atoms with E-state index in [2.05, 4.69) is 5.32 Å². The highest BCUT2D eigenvalue weighted by atomic mass is 16.5. The van der Waals surface area contributed by atoms with Gasteiger partial charge in [-0.05, 0) is 44.9 Å². The van der Waals surface area contributed by atoms with E-state index in [1.807, 2.05) is 51.1 Å². The zero-order chi connectivity index (χ0) is 16.2. The standard InChI is InChI=1S/C18H25NO3/c1-4-7-8-9-18(20)19-13-12-15-10-11-16(21-5-2)17(14-15)22-6-3/h4,7-11,14H,5-6,12-13H2,1-3H3,(H,19,20)/b7-4+,9-8+. The monoisotopic (exact) mass is 303 g/mol. The number of carbonyl (C=O) groups excluding carboxylic acids is 1. The normalized spacial score (nSPS) is 11.0. The zero-order valence-electron chi connectivity index (χ0n) is 13.6. The van der Waals surface area contributed by atoms with Crippen molar-refractivity contribution < 1.29 is 14.3 Å². The maximum atomic E-state index is 11.5. The highest BCUT2D eigenvalue weighted by molar-refractivity contribution is 5.87. The van der Waals surface area contributed by atoms with Gasteiger partial charge in [-0.2, -0.15) is 0 Å². The molecule has 22 heavy (non-hydrogen) atoms. The fourth-order valence-electron chi connectivity index (χ4n) is 1.89. The smallest absolute Gasteiger partial charge is 0.243 e. The molecule has 0 aliphatic carbocycles. The van der Waals surface area contributed by atoms with Crippen molar-refractivity contribution >= 4 is 5.91 Å². The lowest BCUT2D eigenvalue weighted by Gasteiger charge is -2.12. The molecule has 1 amide bonds. The molecule has 4 nitrogen and oxygen atoms in total. The van der Waals surface area contributed by atoms with E-state index >= 15 is 0 Å². The molecule has 0 spiro atoms. The van der Waals surface area contributed by atoms with Gasteiger partial charge >= 0.3 is 0 Å². The van der Waals surface area contributed by atoms with Crippen LogP contribution >= 0.6 is 0 Å². The second-order valence-electron chi connectivity index (χ2n) is 4.57. The molecule has 0 aliphatic rings. The molecule has 0 saturated carbocycles. The predicted molar refractivity (Wildman–Crippen MR) is 89.4 cm³/mol. The van der Waals surface area contributed by atoms with Gasteiger partial charge < -0.3 is 14.8 Å². The van der Waals surface area contributed by atoms with Crippen LogP contribution in [-0.4, -0.2) is 25.7 Å². The highest BCUT2D eigenvalue weighted by Gasteiger charge is 2.06. The summed E-state index contributed by atoms with van der Waals surface area (Å²) in [5, 5.41) is 2.85. The van der Waals surface area contributed by atoms with E-state index in [0.29, 0.717) is 19.8 Å². The number of benzene rings is 1. The van der Waals surface area contributed by atoms with Crippen LogP contribution < -0.4 is 14.8 Å². The molecule has 0 heterocycles. The van der Waals surface area contributed by atoms with Gasteiger partial charge in [-0.15, -0.1) is 0 Å². The Morgan fingerprint density at radius 2 is 1.86 bits per heavy atom. The molecule has 0 saturated heterocycles. The third-order valence-electron chi connectivity index (χ3n) is 2.87. The summed E-state index contributed by atoms with van der Waals surface area (Å²) in [6.45, 7) is 7.58. The maximum absolute atomic E-state index is 11.5. The van der Waals surface area contributed by atoms with Crippen LogP contribution in [0, 0.1) is 0 Å². The van der Waals surface area contributed by atoms with Crippen LogP contribution in [0.5, 0.6) is 11.5 Å². The van der Waals surface area contributed by atoms with Crippen LogP contribution in [0.3, 0.4) is 0 Å². The number of nitrogens with one attached hydrogen (secondary N) is 1. The molecule has 0 radical (unpaired) electrons. The molecule has 1 aromatic carbocycles. The van der Waals surface area contributed by atoms with Crippen molar-refractivity contribution in [2.45, 2.75) is 27.2 Å². The van der Waals surface area contributed by atoms with Gasteiger partial charge in [0.2, 0.25) is 5.91 Å². The predicted octanol–water partition coefficient (Wildman–Crippen LogP) is 3.28. The van der Waals surface area contributed by atoms with E-state index in [1.165, 1.54) is 6.08 Å². The number of hydrogen-bond donors (Lipinski definition) is 1. The minimum atomic E-state index is -0.0888. The molecule has 1 aromatic rings. The first-order valence-electron chi connectivity index (χ1n) is 7.67. The summed E-state index contributed by atoms with van der Waals surface area (Å²) in [6.07, 6.45) is 7.68. The SMILES string of the molecule is C/C=C/C=C/C(=O)NCCc1ccc(OCC)c(OCC)c1. The Labute approximate surface area is 132 Å². The second-order valence-corrected chi connectivity index (χ2v) is 4.57. The first-order valence-corrected chi connectivity index (χ1v) is 7.67. The molecule has 0 aliphatic heterocycles. The molecule has 0 unspecified atom stereocenters. The van der Waals surface area contributed by atoms with Crippen LogP contribution in [0.25, 0.3) is 0 Å². The average molecular weight is 303 g/mol. The van der Waals surface area contributed by atoms with Gasteiger partial charge in [-0.25, -0.2) is 0 Å². The minimum Gasteiger partial charge on any atom is -0.490 e. The van der Waals surface area contributed by atoms with Crippen LogP contribution in [-0.2, 0) is 11.2 Å². The van der Waals surface area contributed by atoms with Gasteiger partial charge in [0.05, 0.1) is 13.2 Å². The summed E-state index contributed by atoms with van der Waals surface area (Å²) in [6, 6.07) is 5.88. The molecule has 1 N–H and O–H groups in total. The van der Waals surface area contributed by atoms with Crippen LogP contribution in [0.4, 0.5) is 0 Å². The van der Waals surface area contributed by atoms with Gasteiger partial charge in [-0.3, -0.25) is 4.79 Å². The van der Waals surface area contributed by atoms with Gasteiger partial charge in [0, 0.05) is 12.6 Å². The van der Waals surface area contributed by atoms with Gasteiger partial charge in [-0.1, -0.05) is 24.3 Å². The van der Waals surface area contributed by atoms with Crippen LogP contribution in [0.15, 0.2) is 42.5 Å². The molecule has 0 atom stereocenters. The van der Waals surface area contributed by atoms with Crippen LogP contribution in [0.2, 0.25) is 0 Å². The number of ether oxygens (including phenoxy) is 2. The first-order chi connectivity index (χ1) is 10.7. The molecule has 120 valence electrons. The lowest BCUT2D eigenvalue weighted by atomic mass is 10.1. The van der Waals surface area contributed by atoms with E-state index < -0.39 is 0 Å². The third-order valence-corrected chi connectivity index (χ3v) is 2.87. The van der Waals surface area contributed by atoms with Crippen molar-refractivity contribution in [3.05, 3.63) is 48.1 Å². The summed E-state index contributed by atoms with van der Waals surface area (Å²) in [5.41, 5.74) is 1.10. The fourth-order valence-corrected chi connectivity index (χ4v) is 1.89. The average Bonchev–Trinajstić information content (AvgIpc) is 2.50. The van der Waals surface area contributed by atoms with E-state index in [0.717, 1.165) is 23.5 Å². The lowest BCUT2D eigenvalue weighted by molar-refractivity contribution is -0.116. The molecular weight excluding hydrogens is 278 g/mol. The van der Waals surface area contributed by atoms with Crippen molar-refractivity contribution in [3.8, 4) is 11.5 Å². The number of allylic oxidation sites excluding steroid dienone is 3. The molecule has 1 rings (SSSR count). The van der Waals surface area contributed by atoms with Crippen molar-refractivity contribution in [2.75, 3.05) is 19.8 Å². The zero-order valence-corrected chi connectivity index (χ0v) is 13.6. The topological polar surface area (TPSA) is 47.6 Å². The van der Waals surface area contributed by atoms with E-state index in [9.17, 15) is 4.79 Å². The summed E-state index contributed by atoms with van der Waals surface area (Å²) < 4.78 is 11.1. The highest BCUT2D eigenvalue weighted by Crippen LogP contribution is 2.28. The number of amides is 1. The lowest BCUT2D eigenvalue weighted by Crippen LogP contribution is -2.23. The Balaban J connectivity index is 2.55.